The third-order valence-electron chi connectivity index (χ3n) is 6.00. The van der Waals surface area contributed by atoms with Crippen LogP contribution >= 0.6 is 23.1 Å². The van der Waals surface area contributed by atoms with Crippen LogP contribution in [0.5, 0.6) is 0 Å². The molecular formula is C24H25N3O4S2. The molecule has 4 aromatic heterocycles. The molecule has 1 amide bonds. The number of hydrogen-bond donors (Lipinski definition) is 0. The fourth-order valence-electron chi connectivity index (χ4n) is 4.17. The zero-order chi connectivity index (χ0) is 22.9. The van der Waals surface area contributed by atoms with Crippen LogP contribution in [0.2, 0.25) is 0 Å². The molecule has 172 valence electrons. The number of fused-ring (bicyclic) bond motifs is 3. The van der Waals surface area contributed by atoms with Crippen molar-refractivity contribution in [2.75, 3.05) is 12.8 Å². The predicted molar refractivity (Wildman–Crippen MR) is 129 cm³/mol. The lowest BCUT2D eigenvalue weighted by Gasteiger charge is -2.18. The molecule has 1 aliphatic rings. The monoisotopic (exact) mass is 483 g/mol. The van der Waals surface area contributed by atoms with Crippen LogP contribution in [0.1, 0.15) is 35.3 Å². The summed E-state index contributed by atoms with van der Waals surface area (Å²) < 4.78 is 12.5. The van der Waals surface area contributed by atoms with E-state index in [1.807, 2.05) is 12.1 Å². The van der Waals surface area contributed by atoms with Gasteiger partial charge in [0.1, 0.15) is 16.4 Å². The van der Waals surface area contributed by atoms with Gasteiger partial charge in [0.2, 0.25) is 5.91 Å². The van der Waals surface area contributed by atoms with E-state index in [-0.39, 0.29) is 23.8 Å². The standard InChI is InChI=1S/C24H25N3O4S2/c1-15-7-8-18-19(11-15)33-22-21(18)23(29)27(13-17-6-4-10-31-17)24(25-22)32-14-20(28)26(2)12-16-5-3-9-30-16/h3-6,9-10,15H,7-8,11-14H2,1-2H3. The van der Waals surface area contributed by atoms with E-state index in [0.29, 0.717) is 23.4 Å². The van der Waals surface area contributed by atoms with Gasteiger partial charge >= 0.3 is 0 Å². The van der Waals surface area contributed by atoms with E-state index < -0.39 is 0 Å². The summed E-state index contributed by atoms with van der Waals surface area (Å²) in [4.78, 5) is 34.9. The second-order valence-corrected chi connectivity index (χ2v) is 10.5. The molecular weight excluding hydrogens is 458 g/mol. The minimum absolute atomic E-state index is 0.0534. The summed E-state index contributed by atoms with van der Waals surface area (Å²) in [6.45, 7) is 2.94. The van der Waals surface area contributed by atoms with Gasteiger partial charge in [-0.1, -0.05) is 18.7 Å². The number of nitrogens with zero attached hydrogens (tertiary/aromatic N) is 3. The van der Waals surface area contributed by atoms with Crippen molar-refractivity contribution in [3.8, 4) is 0 Å². The highest BCUT2D eigenvalue weighted by molar-refractivity contribution is 7.99. The Kier molecular flexibility index (Phi) is 6.16. The highest BCUT2D eigenvalue weighted by Gasteiger charge is 2.25. The molecule has 4 heterocycles. The maximum Gasteiger partial charge on any atom is 0.263 e. The van der Waals surface area contributed by atoms with Crippen molar-refractivity contribution < 1.29 is 13.6 Å². The SMILES string of the molecule is CC1CCc2c(sc3nc(SCC(=O)N(C)Cc4ccco4)n(Cc4ccco4)c(=O)c23)C1. The van der Waals surface area contributed by atoms with E-state index in [1.54, 1.807) is 52.5 Å². The molecule has 0 aliphatic heterocycles. The second kappa shape index (κ2) is 9.23. The van der Waals surface area contributed by atoms with Crippen molar-refractivity contribution in [1.29, 1.82) is 0 Å². The van der Waals surface area contributed by atoms with Crippen LogP contribution in [-0.4, -0.2) is 33.2 Å². The number of aromatic nitrogens is 2. The molecule has 7 nitrogen and oxygen atoms in total. The predicted octanol–water partition coefficient (Wildman–Crippen LogP) is 4.57. The van der Waals surface area contributed by atoms with Crippen LogP contribution in [0.4, 0.5) is 0 Å². The third-order valence-corrected chi connectivity index (χ3v) is 8.11. The van der Waals surface area contributed by atoms with Gasteiger partial charge in [-0.2, -0.15) is 0 Å². The van der Waals surface area contributed by atoms with Crippen molar-refractivity contribution in [3.63, 3.8) is 0 Å². The molecule has 0 spiro atoms. The van der Waals surface area contributed by atoms with Gasteiger partial charge in [0.15, 0.2) is 5.16 Å². The van der Waals surface area contributed by atoms with Gasteiger partial charge in [0, 0.05) is 11.9 Å². The van der Waals surface area contributed by atoms with Crippen molar-refractivity contribution in [1.82, 2.24) is 14.5 Å². The normalized spacial score (nSPS) is 15.6. The van der Waals surface area contributed by atoms with Gasteiger partial charge in [-0.15, -0.1) is 11.3 Å². The molecule has 0 saturated heterocycles. The Bertz CT molecular complexity index is 1320. The molecule has 5 rings (SSSR count). The number of amides is 1. The molecule has 0 bridgehead atoms. The quantitative estimate of drug-likeness (QED) is 0.283. The lowest BCUT2D eigenvalue weighted by Crippen LogP contribution is -2.29. The molecule has 0 saturated carbocycles. The summed E-state index contributed by atoms with van der Waals surface area (Å²) in [5.41, 5.74) is 1.10. The molecule has 1 atom stereocenters. The van der Waals surface area contributed by atoms with Crippen LogP contribution in [0.15, 0.2) is 55.6 Å². The third kappa shape index (κ3) is 4.52. The Morgan fingerprint density at radius 3 is 2.76 bits per heavy atom. The van der Waals surface area contributed by atoms with E-state index in [4.69, 9.17) is 13.8 Å². The Hall–Kier alpha value is -2.78. The van der Waals surface area contributed by atoms with Gasteiger partial charge in [0.25, 0.3) is 5.56 Å². The molecule has 0 fully saturated rings. The molecule has 0 aromatic carbocycles. The first-order chi connectivity index (χ1) is 16.0. The first kappa shape index (κ1) is 22.0. The zero-order valence-corrected chi connectivity index (χ0v) is 20.2. The van der Waals surface area contributed by atoms with E-state index in [2.05, 4.69) is 6.92 Å². The van der Waals surface area contributed by atoms with Gasteiger partial charge < -0.3 is 13.7 Å². The largest absolute Gasteiger partial charge is 0.467 e. The Morgan fingerprint density at radius 2 is 2.03 bits per heavy atom. The van der Waals surface area contributed by atoms with E-state index in [0.717, 1.165) is 40.8 Å². The summed E-state index contributed by atoms with van der Waals surface area (Å²) in [5, 5.41) is 1.27. The van der Waals surface area contributed by atoms with Crippen molar-refractivity contribution in [2.45, 2.75) is 44.4 Å². The van der Waals surface area contributed by atoms with Crippen molar-refractivity contribution in [3.05, 3.63) is 69.1 Å². The number of carbonyl (C=O) groups is 1. The summed E-state index contributed by atoms with van der Waals surface area (Å²) in [5.74, 6) is 2.14. The van der Waals surface area contributed by atoms with Crippen LogP contribution in [-0.2, 0) is 30.7 Å². The molecule has 1 aliphatic carbocycles. The van der Waals surface area contributed by atoms with Crippen molar-refractivity contribution in [2.24, 2.45) is 5.92 Å². The average molecular weight is 484 g/mol. The second-order valence-electron chi connectivity index (χ2n) is 8.51. The van der Waals surface area contributed by atoms with Crippen LogP contribution in [0.3, 0.4) is 0 Å². The smallest absolute Gasteiger partial charge is 0.263 e. The van der Waals surface area contributed by atoms with Gasteiger partial charge in [-0.3, -0.25) is 14.2 Å². The molecule has 4 aromatic rings. The van der Waals surface area contributed by atoms with Gasteiger partial charge in [0.05, 0.1) is 36.8 Å². The Labute approximate surface area is 199 Å². The summed E-state index contributed by atoms with van der Waals surface area (Å²) in [6.07, 6.45) is 6.18. The maximum atomic E-state index is 13.6. The molecule has 1 unspecified atom stereocenters. The highest BCUT2D eigenvalue weighted by atomic mass is 32.2. The summed E-state index contributed by atoms with van der Waals surface area (Å²) in [7, 11) is 1.74. The molecule has 0 radical (unpaired) electrons. The first-order valence-electron chi connectivity index (χ1n) is 11.0. The van der Waals surface area contributed by atoms with Crippen LogP contribution < -0.4 is 5.56 Å². The number of hydrogen-bond acceptors (Lipinski definition) is 7. The number of thioether (sulfide) groups is 1. The first-order valence-corrected chi connectivity index (χ1v) is 12.8. The van der Waals surface area contributed by atoms with E-state index in [9.17, 15) is 9.59 Å². The summed E-state index contributed by atoms with van der Waals surface area (Å²) >= 11 is 2.91. The lowest BCUT2D eigenvalue weighted by atomic mass is 9.89. The minimum Gasteiger partial charge on any atom is -0.467 e. The number of aryl methyl sites for hydroxylation is 1. The number of furan rings is 2. The number of thiophene rings is 1. The molecule has 0 N–H and O–H groups in total. The van der Waals surface area contributed by atoms with Crippen molar-refractivity contribution >= 4 is 39.2 Å². The Balaban J connectivity index is 1.46. The van der Waals surface area contributed by atoms with Crippen LogP contribution in [0.25, 0.3) is 10.2 Å². The molecule has 9 heteroatoms. The Morgan fingerprint density at radius 1 is 1.27 bits per heavy atom. The zero-order valence-electron chi connectivity index (χ0n) is 18.6. The maximum absolute atomic E-state index is 13.6. The minimum atomic E-state index is -0.0606. The van der Waals surface area contributed by atoms with Gasteiger partial charge in [-0.25, -0.2) is 4.98 Å². The summed E-state index contributed by atoms with van der Waals surface area (Å²) in [6, 6.07) is 7.29. The fraction of sp³-hybridized carbons (Fsp3) is 0.375. The lowest BCUT2D eigenvalue weighted by molar-refractivity contribution is -0.127. The number of carbonyl (C=O) groups excluding carboxylic acids is 1. The molecule has 33 heavy (non-hydrogen) atoms. The van der Waals surface area contributed by atoms with Crippen LogP contribution in [0, 0.1) is 5.92 Å². The number of rotatable bonds is 7. The topological polar surface area (TPSA) is 81.5 Å². The van der Waals surface area contributed by atoms with Gasteiger partial charge in [-0.05, 0) is 55.0 Å². The fourth-order valence-corrected chi connectivity index (χ4v) is 6.54. The highest BCUT2D eigenvalue weighted by Crippen LogP contribution is 2.36. The van der Waals surface area contributed by atoms with E-state index >= 15 is 0 Å². The van der Waals surface area contributed by atoms with E-state index in [1.165, 1.54) is 16.6 Å². The average Bonchev–Trinajstić information content (AvgIpc) is 3.55.